The quantitative estimate of drug-likeness (QED) is 0.583. The first-order chi connectivity index (χ1) is 12.6. The number of anilines is 1. The van der Waals surface area contributed by atoms with Crippen LogP contribution in [0.5, 0.6) is 0 Å². The molecule has 6 heteroatoms. The molecule has 0 radical (unpaired) electrons. The number of aromatic nitrogens is 2. The Morgan fingerprint density at radius 3 is 2.88 bits per heavy atom. The van der Waals surface area contributed by atoms with E-state index in [1.54, 1.807) is 12.3 Å². The van der Waals surface area contributed by atoms with E-state index in [9.17, 15) is 4.79 Å². The molecule has 3 N–H and O–H groups in total. The molecule has 0 unspecified atom stereocenters. The first-order valence-corrected chi connectivity index (χ1v) is 8.81. The van der Waals surface area contributed by atoms with Crippen molar-refractivity contribution in [3.05, 3.63) is 60.0 Å². The van der Waals surface area contributed by atoms with Crippen molar-refractivity contribution < 1.29 is 4.79 Å². The third kappa shape index (κ3) is 4.61. The van der Waals surface area contributed by atoms with E-state index < -0.39 is 0 Å². The summed E-state index contributed by atoms with van der Waals surface area (Å²) in [6.07, 6.45) is 4.44. The zero-order valence-corrected chi connectivity index (χ0v) is 15.2. The van der Waals surface area contributed by atoms with E-state index in [2.05, 4.69) is 37.6 Å². The van der Waals surface area contributed by atoms with E-state index in [0.717, 1.165) is 30.7 Å². The molecule has 0 saturated heterocycles. The number of nitrogens with one attached hydrogen (secondary N) is 3. The van der Waals surface area contributed by atoms with Gasteiger partial charge in [0.25, 0.3) is 5.91 Å². The maximum Gasteiger partial charge on any atom is 0.269 e. The molecule has 26 heavy (non-hydrogen) atoms. The molecule has 0 aliphatic carbocycles. The number of carbonyl (C=O) groups excluding carboxylic acids is 1. The normalized spacial score (nSPS) is 11.0. The number of amides is 1. The fourth-order valence-corrected chi connectivity index (χ4v) is 2.83. The van der Waals surface area contributed by atoms with Gasteiger partial charge in [-0.2, -0.15) is 0 Å². The molecule has 0 bridgehead atoms. The lowest BCUT2D eigenvalue weighted by molar-refractivity contribution is 0.0949. The Labute approximate surface area is 153 Å². The number of rotatable bonds is 8. The summed E-state index contributed by atoms with van der Waals surface area (Å²) in [6, 6.07) is 11.8. The first kappa shape index (κ1) is 17.9. The lowest BCUT2D eigenvalue weighted by atomic mass is 10.1. The third-order valence-corrected chi connectivity index (χ3v) is 4.24. The molecule has 0 atom stereocenters. The summed E-state index contributed by atoms with van der Waals surface area (Å²) < 4.78 is 0. The third-order valence-electron chi connectivity index (χ3n) is 4.24. The van der Waals surface area contributed by atoms with Crippen molar-refractivity contribution in [2.24, 2.45) is 0 Å². The molecule has 136 valence electrons. The fraction of sp³-hybridized carbons (Fsp3) is 0.300. The molecule has 0 fully saturated rings. The Hall–Kier alpha value is -2.86. The van der Waals surface area contributed by atoms with Gasteiger partial charge < -0.3 is 20.5 Å². The molecule has 0 aliphatic rings. The van der Waals surface area contributed by atoms with Crippen LogP contribution < -0.4 is 10.6 Å². The van der Waals surface area contributed by atoms with Gasteiger partial charge in [0.05, 0.1) is 0 Å². The number of hydrogen-bond donors (Lipinski definition) is 3. The van der Waals surface area contributed by atoms with Gasteiger partial charge in [-0.25, -0.2) is 0 Å². The van der Waals surface area contributed by atoms with Crippen LogP contribution in [-0.2, 0) is 6.42 Å². The number of pyridine rings is 1. The maximum absolute atomic E-state index is 12.4. The molecule has 0 saturated carbocycles. The first-order valence-electron chi connectivity index (χ1n) is 8.81. The minimum Gasteiger partial charge on any atom is -0.384 e. The van der Waals surface area contributed by atoms with E-state index in [1.807, 2.05) is 38.5 Å². The van der Waals surface area contributed by atoms with Crippen molar-refractivity contribution in [2.75, 3.05) is 39.0 Å². The average Bonchev–Trinajstić information content (AvgIpc) is 3.05. The van der Waals surface area contributed by atoms with Gasteiger partial charge in [-0.05, 0) is 44.3 Å². The number of para-hydroxylation sites is 1. The van der Waals surface area contributed by atoms with Crippen LogP contribution in [0, 0.1) is 0 Å². The molecular formula is C20H25N5O. The molecule has 0 aliphatic heterocycles. The van der Waals surface area contributed by atoms with E-state index >= 15 is 0 Å². The fourth-order valence-electron chi connectivity index (χ4n) is 2.83. The van der Waals surface area contributed by atoms with Gasteiger partial charge in [0.15, 0.2) is 0 Å². The smallest absolute Gasteiger partial charge is 0.269 e. The van der Waals surface area contributed by atoms with Crippen molar-refractivity contribution >= 4 is 22.5 Å². The van der Waals surface area contributed by atoms with Crippen LogP contribution in [0.25, 0.3) is 10.9 Å². The van der Waals surface area contributed by atoms with Crippen LogP contribution in [0.3, 0.4) is 0 Å². The Morgan fingerprint density at radius 2 is 2.04 bits per heavy atom. The predicted octanol–water partition coefficient (Wildman–Crippen LogP) is 2.51. The maximum atomic E-state index is 12.4. The number of aromatic amines is 1. The molecule has 0 spiro atoms. The zero-order chi connectivity index (χ0) is 18.4. The highest BCUT2D eigenvalue weighted by molar-refractivity contribution is 5.93. The van der Waals surface area contributed by atoms with Gasteiger partial charge in [0.1, 0.15) is 5.69 Å². The Bertz CT molecular complexity index is 871. The van der Waals surface area contributed by atoms with Crippen molar-refractivity contribution in [1.82, 2.24) is 20.2 Å². The van der Waals surface area contributed by atoms with Crippen LogP contribution in [0.1, 0.15) is 16.1 Å². The van der Waals surface area contributed by atoms with Crippen LogP contribution in [0.2, 0.25) is 0 Å². The van der Waals surface area contributed by atoms with Gasteiger partial charge in [-0.3, -0.25) is 9.78 Å². The summed E-state index contributed by atoms with van der Waals surface area (Å²) in [5.41, 5.74) is 3.65. The van der Waals surface area contributed by atoms with Crippen LogP contribution in [-0.4, -0.2) is 54.5 Å². The Balaban J connectivity index is 1.53. The van der Waals surface area contributed by atoms with Gasteiger partial charge in [-0.1, -0.05) is 18.2 Å². The van der Waals surface area contributed by atoms with Gasteiger partial charge in [0, 0.05) is 48.6 Å². The molecule has 2 heterocycles. The lowest BCUT2D eigenvalue weighted by Gasteiger charge is -2.12. The monoisotopic (exact) mass is 351 g/mol. The number of H-pyrrole nitrogens is 1. The number of hydrogen-bond acceptors (Lipinski definition) is 4. The van der Waals surface area contributed by atoms with Crippen molar-refractivity contribution in [3.63, 3.8) is 0 Å². The van der Waals surface area contributed by atoms with Gasteiger partial charge in [-0.15, -0.1) is 0 Å². The lowest BCUT2D eigenvalue weighted by Crippen LogP contribution is -2.26. The second-order valence-electron chi connectivity index (χ2n) is 6.53. The SMILES string of the molecule is CN(C)CCNc1ccnc(C(=O)NCCc2c[nH]c3ccccc23)c1. The van der Waals surface area contributed by atoms with Crippen molar-refractivity contribution in [3.8, 4) is 0 Å². The minimum atomic E-state index is -0.152. The summed E-state index contributed by atoms with van der Waals surface area (Å²) in [5, 5.41) is 7.46. The standard InChI is InChI=1S/C20H25N5O/c1-25(2)12-11-21-16-8-10-22-19(13-16)20(26)23-9-7-15-14-24-18-6-4-3-5-17(15)18/h3-6,8,10,13-14,24H,7,9,11-12H2,1-2H3,(H,21,22)(H,23,26). The molecule has 3 aromatic rings. The number of likely N-dealkylation sites (N-methyl/N-ethyl adjacent to an activating group) is 1. The van der Waals surface area contributed by atoms with Crippen LogP contribution in [0.15, 0.2) is 48.8 Å². The average molecular weight is 351 g/mol. The van der Waals surface area contributed by atoms with E-state index in [4.69, 9.17) is 0 Å². The summed E-state index contributed by atoms with van der Waals surface area (Å²) in [6.45, 7) is 2.31. The molecular weight excluding hydrogens is 326 g/mol. The number of carbonyl (C=O) groups is 1. The molecule has 3 rings (SSSR count). The Kier molecular flexibility index (Phi) is 5.86. The summed E-state index contributed by atoms with van der Waals surface area (Å²) in [7, 11) is 4.06. The van der Waals surface area contributed by atoms with Crippen molar-refractivity contribution in [2.45, 2.75) is 6.42 Å². The number of benzene rings is 1. The van der Waals surface area contributed by atoms with E-state index in [1.165, 1.54) is 10.9 Å². The van der Waals surface area contributed by atoms with Gasteiger partial charge >= 0.3 is 0 Å². The van der Waals surface area contributed by atoms with E-state index in [-0.39, 0.29) is 5.91 Å². The van der Waals surface area contributed by atoms with Gasteiger partial charge in [0.2, 0.25) is 0 Å². The Morgan fingerprint density at radius 1 is 1.19 bits per heavy atom. The van der Waals surface area contributed by atoms with Crippen LogP contribution in [0.4, 0.5) is 5.69 Å². The minimum absolute atomic E-state index is 0.152. The highest BCUT2D eigenvalue weighted by Gasteiger charge is 2.09. The second-order valence-corrected chi connectivity index (χ2v) is 6.53. The highest BCUT2D eigenvalue weighted by atomic mass is 16.1. The number of fused-ring (bicyclic) bond motifs is 1. The molecule has 1 amide bonds. The molecule has 2 aromatic heterocycles. The second kappa shape index (κ2) is 8.49. The largest absolute Gasteiger partial charge is 0.384 e. The zero-order valence-electron chi connectivity index (χ0n) is 15.2. The van der Waals surface area contributed by atoms with E-state index in [0.29, 0.717) is 12.2 Å². The predicted molar refractivity (Wildman–Crippen MR) is 106 cm³/mol. The molecule has 6 nitrogen and oxygen atoms in total. The summed E-state index contributed by atoms with van der Waals surface area (Å²) in [5.74, 6) is -0.152. The van der Waals surface area contributed by atoms with Crippen molar-refractivity contribution in [1.29, 1.82) is 0 Å². The molecule has 1 aromatic carbocycles. The highest BCUT2D eigenvalue weighted by Crippen LogP contribution is 2.17. The topological polar surface area (TPSA) is 73.1 Å². The summed E-state index contributed by atoms with van der Waals surface area (Å²) in [4.78, 5) is 21.9. The number of nitrogens with zero attached hydrogens (tertiary/aromatic N) is 2. The summed E-state index contributed by atoms with van der Waals surface area (Å²) >= 11 is 0. The van der Waals surface area contributed by atoms with Crippen LogP contribution >= 0.6 is 0 Å².